The molecule has 0 bridgehead atoms. The van der Waals surface area contributed by atoms with Crippen molar-refractivity contribution < 1.29 is 0 Å². The summed E-state index contributed by atoms with van der Waals surface area (Å²) in [7, 11) is 0. The standard InChI is InChI=1S/C12H14Br4/c13-11(14)7-5-9-3-1-2-4-10(9,6-8(7)11)12(9,15)16/h7-8H,1-6H2/t7-,8+,9+,10-. The van der Waals surface area contributed by atoms with Crippen molar-refractivity contribution in [1.29, 1.82) is 0 Å². The summed E-state index contributed by atoms with van der Waals surface area (Å²) in [6.07, 6.45) is 8.48. The molecule has 4 heteroatoms. The van der Waals surface area contributed by atoms with Crippen LogP contribution >= 0.6 is 63.7 Å². The molecule has 4 rings (SSSR count). The van der Waals surface area contributed by atoms with E-state index in [9.17, 15) is 0 Å². The van der Waals surface area contributed by atoms with Crippen molar-refractivity contribution in [2.45, 2.75) is 45.0 Å². The zero-order chi connectivity index (χ0) is 11.4. The summed E-state index contributed by atoms with van der Waals surface area (Å²) in [6, 6.07) is 0. The third kappa shape index (κ3) is 0.987. The van der Waals surface area contributed by atoms with Crippen molar-refractivity contribution in [3.8, 4) is 0 Å². The van der Waals surface area contributed by atoms with E-state index in [4.69, 9.17) is 0 Å². The van der Waals surface area contributed by atoms with Gasteiger partial charge in [0, 0.05) is 10.8 Å². The summed E-state index contributed by atoms with van der Waals surface area (Å²) < 4.78 is 0.549. The molecule has 16 heavy (non-hydrogen) atoms. The van der Waals surface area contributed by atoms with Gasteiger partial charge in [-0.3, -0.25) is 0 Å². The van der Waals surface area contributed by atoms with E-state index in [1.54, 1.807) is 0 Å². The van der Waals surface area contributed by atoms with E-state index in [0.717, 1.165) is 11.8 Å². The zero-order valence-corrected chi connectivity index (χ0v) is 15.3. The van der Waals surface area contributed by atoms with Crippen LogP contribution in [-0.2, 0) is 0 Å². The lowest BCUT2D eigenvalue weighted by atomic mass is 9.71. The van der Waals surface area contributed by atoms with Gasteiger partial charge in [0.05, 0.1) is 6.47 Å². The highest BCUT2D eigenvalue weighted by atomic mass is 79.9. The molecular formula is C12H14Br4. The van der Waals surface area contributed by atoms with Crippen molar-refractivity contribution in [3.05, 3.63) is 0 Å². The number of alkyl halides is 4. The fourth-order valence-electron chi connectivity index (χ4n) is 5.01. The predicted octanol–water partition coefficient (Wildman–Crippen LogP) is 5.56. The molecule has 0 aliphatic heterocycles. The monoisotopic (exact) mass is 474 g/mol. The molecule has 4 fully saturated rings. The maximum atomic E-state index is 4.03. The molecule has 0 radical (unpaired) electrons. The first kappa shape index (κ1) is 11.7. The molecule has 90 valence electrons. The molecule has 0 aromatic heterocycles. The van der Waals surface area contributed by atoms with E-state index in [1.165, 1.54) is 38.5 Å². The maximum Gasteiger partial charge on any atom is 0.0929 e. The van der Waals surface area contributed by atoms with Crippen molar-refractivity contribution in [2.75, 3.05) is 0 Å². The lowest BCUT2D eigenvalue weighted by molar-refractivity contribution is 0.164. The van der Waals surface area contributed by atoms with Crippen LogP contribution in [0.25, 0.3) is 0 Å². The third-order valence-electron chi connectivity index (χ3n) is 6.01. The first-order valence-electron chi connectivity index (χ1n) is 6.15. The van der Waals surface area contributed by atoms with E-state index < -0.39 is 0 Å². The molecule has 0 nitrogen and oxygen atoms in total. The Bertz CT molecular complexity index is 345. The Labute approximate surface area is 130 Å². The molecule has 0 aromatic rings. The Morgan fingerprint density at radius 3 is 1.62 bits per heavy atom. The Balaban J connectivity index is 1.76. The predicted molar refractivity (Wildman–Crippen MR) is 80.7 cm³/mol. The van der Waals surface area contributed by atoms with Crippen LogP contribution in [0.4, 0.5) is 0 Å². The molecule has 0 unspecified atom stereocenters. The van der Waals surface area contributed by atoms with Crippen LogP contribution in [0, 0.1) is 22.7 Å². The molecule has 0 heterocycles. The largest absolute Gasteiger partial charge is 0.0929 e. The van der Waals surface area contributed by atoms with Gasteiger partial charge >= 0.3 is 0 Å². The van der Waals surface area contributed by atoms with Crippen LogP contribution in [0.2, 0.25) is 0 Å². The highest BCUT2D eigenvalue weighted by molar-refractivity contribution is 9.26. The van der Waals surface area contributed by atoms with E-state index in [1.807, 2.05) is 0 Å². The third-order valence-corrected chi connectivity index (χ3v) is 11.4. The second-order valence-corrected chi connectivity index (χ2v) is 13.4. The Kier molecular flexibility index (Phi) is 2.18. The lowest BCUT2D eigenvalue weighted by Crippen LogP contribution is -2.24. The van der Waals surface area contributed by atoms with Gasteiger partial charge in [0.1, 0.15) is 0 Å². The van der Waals surface area contributed by atoms with Gasteiger partial charge in [-0.2, -0.15) is 0 Å². The Morgan fingerprint density at radius 2 is 1.19 bits per heavy atom. The SMILES string of the molecule is BrC1(Br)[C@@H]2C[C@@]34CCCC[C@]3(C[C@@H]21)C4(Br)Br. The smallest absolute Gasteiger partial charge is 0.0721 e. The Hall–Kier alpha value is 1.92. The van der Waals surface area contributed by atoms with Gasteiger partial charge < -0.3 is 0 Å². The van der Waals surface area contributed by atoms with E-state index in [0.29, 0.717) is 10.8 Å². The molecule has 0 amide bonds. The molecular weight excluding hydrogens is 464 g/mol. The molecule has 0 aromatic carbocycles. The number of hydrogen-bond donors (Lipinski definition) is 0. The minimum Gasteiger partial charge on any atom is -0.0721 e. The quantitative estimate of drug-likeness (QED) is 0.401. The fraction of sp³-hybridized carbons (Fsp3) is 1.00. The van der Waals surface area contributed by atoms with Crippen molar-refractivity contribution >= 4 is 63.7 Å². The van der Waals surface area contributed by atoms with Gasteiger partial charge in [0.2, 0.25) is 0 Å². The molecule has 4 aliphatic rings. The molecule has 4 atom stereocenters. The highest BCUT2D eigenvalue weighted by Crippen LogP contribution is 2.94. The average molecular weight is 478 g/mol. The van der Waals surface area contributed by atoms with Crippen LogP contribution in [0.3, 0.4) is 0 Å². The molecule has 0 spiro atoms. The van der Waals surface area contributed by atoms with Crippen molar-refractivity contribution in [1.82, 2.24) is 0 Å². The van der Waals surface area contributed by atoms with Gasteiger partial charge in [-0.15, -0.1) is 0 Å². The molecule has 4 saturated carbocycles. The highest BCUT2D eigenvalue weighted by Gasteiger charge is 2.90. The fourth-order valence-corrected chi connectivity index (χ4v) is 9.43. The van der Waals surface area contributed by atoms with Gasteiger partial charge in [-0.05, 0) is 37.5 Å². The van der Waals surface area contributed by atoms with Crippen molar-refractivity contribution in [3.63, 3.8) is 0 Å². The average Bonchev–Trinajstić information content (AvgIpc) is 2.93. The number of hydrogen-bond acceptors (Lipinski definition) is 0. The number of rotatable bonds is 0. The summed E-state index contributed by atoms with van der Waals surface area (Å²) in [6.45, 7) is 0. The first-order chi connectivity index (χ1) is 7.39. The second kappa shape index (κ2) is 2.98. The van der Waals surface area contributed by atoms with E-state index in [2.05, 4.69) is 63.7 Å². The minimum atomic E-state index is 0.264. The van der Waals surface area contributed by atoms with Gasteiger partial charge in [0.25, 0.3) is 0 Å². The van der Waals surface area contributed by atoms with Crippen LogP contribution in [0.15, 0.2) is 0 Å². The van der Waals surface area contributed by atoms with Crippen molar-refractivity contribution in [2.24, 2.45) is 22.7 Å². The normalized spacial score (nSPS) is 59.2. The second-order valence-electron chi connectivity index (χ2n) is 6.24. The number of fused-ring (bicyclic) bond motifs is 1. The lowest BCUT2D eigenvalue weighted by Gasteiger charge is -2.32. The Morgan fingerprint density at radius 1 is 0.750 bits per heavy atom. The summed E-state index contributed by atoms with van der Waals surface area (Å²) in [5, 5.41) is 0. The minimum absolute atomic E-state index is 0.264. The van der Waals surface area contributed by atoms with Crippen LogP contribution in [0.5, 0.6) is 0 Å². The van der Waals surface area contributed by atoms with E-state index in [-0.39, 0.29) is 6.47 Å². The molecule has 0 N–H and O–H groups in total. The zero-order valence-electron chi connectivity index (χ0n) is 8.91. The number of halogens is 4. The molecule has 0 saturated heterocycles. The molecule has 4 aliphatic carbocycles. The van der Waals surface area contributed by atoms with Crippen LogP contribution < -0.4 is 0 Å². The topological polar surface area (TPSA) is 0 Å². The summed E-state index contributed by atoms with van der Waals surface area (Å²) >= 11 is 15.8. The summed E-state index contributed by atoms with van der Waals surface area (Å²) in [5.74, 6) is 1.71. The van der Waals surface area contributed by atoms with Gasteiger partial charge in [-0.25, -0.2) is 0 Å². The first-order valence-corrected chi connectivity index (χ1v) is 9.32. The van der Waals surface area contributed by atoms with Gasteiger partial charge in [0.15, 0.2) is 0 Å². The summed E-state index contributed by atoms with van der Waals surface area (Å²) in [5.41, 5.74) is 1.12. The van der Waals surface area contributed by atoms with E-state index >= 15 is 0 Å². The van der Waals surface area contributed by atoms with Gasteiger partial charge in [-0.1, -0.05) is 76.6 Å². The van der Waals surface area contributed by atoms with Crippen LogP contribution in [0.1, 0.15) is 38.5 Å². The van der Waals surface area contributed by atoms with Crippen LogP contribution in [-0.4, -0.2) is 6.47 Å². The summed E-state index contributed by atoms with van der Waals surface area (Å²) in [4.78, 5) is 0. The maximum absolute atomic E-state index is 4.03.